The molecule has 0 aliphatic carbocycles. The van der Waals surface area contributed by atoms with E-state index in [4.69, 9.17) is 18.6 Å². The molecule has 0 saturated carbocycles. The zero-order valence-corrected chi connectivity index (χ0v) is 11.8. The van der Waals surface area contributed by atoms with E-state index >= 15 is 0 Å². The van der Waals surface area contributed by atoms with Crippen LogP contribution in [-0.2, 0) is 11.3 Å². The van der Waals surface area contributed by atoms with Crippen LogP contribution in [0.3, 0.4) is 0 Å². The SMILES string of the molecule is COc1ccc(OC)c2oc(CN3CCOCC3)cc12. The zero-order valence-electron chi connectivity index (χ0n) is 11.8. The van der Waals surface area contributed by atoms with Crippen molar-refractivity contribution in [3.05, 3.63) is 24.0 Å². The molecule has 2 aromatic rings. The van der Waals surface area contributed by atoms with Gasteiger partial charge in [-0.15, -0.1) is 0 Å². The Labute approximate surface area is 118 Å². The van der Waals surface area contributed by atoms with Gasteiger partial charge < -0.3 is 18.6 Å². The fourth-order valence-corrected chi connectivity index (χ4v) is 2.52. The van der Waals surface area contributed by atoms with E-state index in [0.29, 0.717) is 0 Å². The normalized spacial score (nSPS) is 16.5. The molecule has 2 heterocycles. The molecule has 1 aliphatic rings. The van der Waals surface area contributed by atoms with Gasteiger partial charge in [0, 0.05) is 13.1 Å². The Hall–Kier alpha value is -1.72. The van der Waals surface area contributed by atoms with Crippen LogP contribution < -0.4 is 9.47 Å². The maximum Gasteiger partial charge on any atom is 0.179 e. The highest BCUT2D eigenvalue weighted by Crippen LogP contribution is 2.35. The third-order valence-corrected chi connectivity index (χ3v) is 3.58. The number of hydrogen-bond acceptors (Lipinski definition) is 5. The lowest BCUT2D eigenvalue weighted by Crippen LogP contribution is -2.35. The van der Waals surface area contributed by atoms with Gasteiger partial charge in [-0.3, -0.25) is 4.90 Å². The second kappa shape index (κ2) is 5.73. The van der Waals surface area contributed by atoms with Crippen LogP contribution in [0.4, 0.5) is 0 Å². The van der Waals surface area contributed by atoms with Gasteiger partial charge >= 0.3 is 0 Å². The number of rotatable bonds is 4. The first-order valence-corrected chi connectivity index (χ1v) is 6.75. The molecule has 0 radical (unpaired) electrons. The summed E-state index contributed by atoms with van der Waals surface area (Å²) in [5.74, 6) is 2.46. The Balaban J connectivity index is 1.92. The molecule has 1 aromatic carbocycles. The summed E-state index contributed by atoms with van der Waals surface area (Å²) in [4.78, 5) is 2.32. The van der Waals surface area contributed by atoms with Crippen molar-refractivity contribution in [2.45, 2.75) is 6.54 Å². The molecule has 1 saturated heterocycles. The fourth-order valence-electron chi connectivity index (χ4n) is 2.52. The van der Waals surface area contributed by atoms with Gasteiger partial charge in [0.05, 0.1) is 39.4 Å². The molecule has 20 heavy (non-hydrogen) atoms. The summed E-state index contributed by atoms with van der Waals surface area (Å²) in [6.45, 7) is 4.22. The van der Waals surface area contributed by atoms with Gasteiger partial charge in [0.2, 0.25) is 0 Å². The van der Waals surface area contributed by atoms with Gasteiger partial charge in [0.15, 0.2) is 11.3 Å². The average Bonchev–Trinajstić information content (AvgIpc) is 2.90. The molecule has 0 N–H and O–H groups in total. The third kappa shape index (κ3) is 2.46. The van der Waals surface area contributed by atoms with Crippen LogP contribution in [-0.4, -0.2) is 45.4 Å². The average molecular weight is 277 g/mol. The maximum atomic E-state index is 5.95. The van der Waals surface area contributed by atoms with E-state index in [1.54, 1.807) is 14.2 Å². The number of ether oxygens (including phenoxy) is 3. The molecule has 1 fully saturated rings. The summed E-state index contributed by atoms with van der Waals surface area (Å²) in [5.41, 5.74) is 0.745. The number of fused-ring (bicyclic) bond motifs is 1. The lowest BCUT2D eigenvalue weighted by molar-refractivity contribution is 0.0315. The molecular weight excluding hydrogens is 258 g/mol. The van der Waals surface area contributed by atoms with Gasteiger partial charge in [0.1, 0.15) is 11.5 Å². The van der Waals surface area contributed by atoms with Crippen LogP contribution in [0, 0.1) is 0 Å². The van der Waals surface area contributed by atoms with Gasteiger partial charge in [0.25, 0.3) is 0 Å². The second-order valence-corrected chi connectivity index (χ2v) is 4.81. The van der Waals surface area contributed by atoms with Crippen molar-refractivity contribution < 1.29 is 18.6 Å². The van der Waals surface area contributed by atoms with E-state index in [-0.39, 0.29) is 0 Å². The minimum atomic E-state index is 0.731. The van der Waals surface area contributed by atoms with E-state index in [9.17, 15) is 0 Å². The van der Waals surface area contributed by atoms with Crippen LogP contribution in [0.5, 0.6) is 11.5 Å². The summed E-state index contributed by atoms with van der Waals surface area (Å²) in [6, 6.07) is 5.80. The van der Waals surface area contributed by atoms with Crippen molar-refractivity contribution in [2.75, 3.05) is 40.5 Å². The van der Waals surface area contributed by atoms with Crippen LogP contribution in [0.1, 0.15) is 5.76 Å². The topological polar surface area (TPSA) is 44.1 Å². The molecule has 108 valence electrons. The molecule has 0 spiro atoms. The molecule has 0 unspecified atom stereocenters. The summed E-state index contributed by atoms with van der Waals surface area (Å²) in [6.07, 6.45) is 0. The zero-order chi connectivity index (χ0) is 13.9. The predicted octanol–water partition coefficient (Wildman–Crippen LogP) is 2.28. The molecular formula is C15H19NO4. The molecule has 5 heteroatoms. The Morgan fingerprint density at radius 1 is 1.10 bits per heavy atom. The van der Waals surface area contributed by atoms with Gasteiger partial charge in [-0.25, -0.2) is 0 Å². The molecule has 0 bridgehead atoms. The predicted molar refractivity (Wildman–Crippen MR) is 75.4 cm³/mol. The van der Waals surface area contributed by atoms with Crippen molar-refractivity contribution in [1.82, 2.24) is 4.90 Å². The van der Waals surface area contributed by atoms with Crippen LogP contribution >= 0.6 is 0 Å². The van der Waals surface area contributed by atoms with Crippen LogP contribution in [0.25, 0.3) is 11.0 Å². The molecule has 0 atom stereocenters. The highest BCUT2D eigenvalue weighted by Gasteiger charge is 2.17. The number of benzene rings is 1. The molecule has 0 amide bonds. The monoisotopic (exact) mass is 277 g/mol. The highest BCUT2D eigenvalue weighted by atomic mass is 16.5. The Kier molecular flexibility index (Phi) is 3.80. The highest BCUT2D eigenvalue weighted by molar-refractivity contribution is 5.89. The Morgan fingerprint density at radius 3 is 2.50 bits per heavy atom. The number of furan rings is 1. The number of hydrogen-bond donors (Lipinski definition) is 0. The van der Waals surface area contributed by atoms with E-state index in [2.05, 4.69) is 4.90 Å². The van der Waals surface area contributed by atoms with Crippen molar-refractivity contribution in [3.63, 3.8) is 0 Å². The van der Waals surface area contributed by atoms with Crippen molar-refractivity contribution in [1.29, 1.82) is 0 Å². The summed E-state index contributed by atoms with van der Waals surface area (Å²) >= 11 is 0. The lowest BCUT2D eigenvalue weighted by Gasteiger charge is -2.25. The third-order valence-electron chi connectivity index (χ3n) is 3.58. The second-order valence-electron chi connectivity index (χ2n) is 4.81. The molecule has 3 rings (SSSR count). The largest absolute Gasteiger partial charge is 0.496 e. The Morgan fingerprint density at radius 2 is 1.80 bits per heavy atom. The first-order chi connectivity index (χ1) is 9.81. The van der Waals surface area contributed by atoms with E-state index < -0.39 is 0 Å². The first-order valence-electron chi connectivity index (χ1n) is 6.75. The number of nitrogens with zero attached hydrogens (tertiary/aromatic N) is 1. The summed E-state index contributed by atoms with van der Waals surface area (Å²) in [5, 5.41) is 0.954. The Bertz CT molecular complexity index is 546. The lowest BCUT2D eigenvalue weighted by atomic mass is 10.2. The van der Waals surface area contributed by atoms with Crippen molar-refractivity contribution in [2.24, 2.45) is 0 Å². The van der Waals surface area contributed by atoms with E-state index in [1.807, 2.05) is 18.2 Å². The maximum absolute atomic E-state index is 5.95. The van der Waals surface area contributed by atoms with E-state index in [1.165, 1.54) is 0 Å². The van der Waals surface area contributed by atoms with E-state index in [0.717, 1.165) is 61.1 Å². The van der Waals surface area contributed by atoms with Crippen LogP contribution in [0.2, 0.25) is 0 Å². The standard InChI is InChI=1S/C15H19NO4/c1-17-13-3-4-14(18-2)15-12(13)9-11(20-15)10-16-5-7-19-8-6-16/h3-4,9H,5-8,10H2,1-2H3. The first kappa shape index (κ1) is 13.3. The number of methoxy groups -OCH3 is 2. The van der Waals surface area contributed by atoms with Gasteiger partial charge in [-0.1, -0.05) is 0 Å². The summed E-state index contributed by atoms with van der Waals surface area (Å²) in [7, 11) is 3.31. The minimum Gasteiger partial charge on any atom is -0.496 e. The smallest absolute Gasteiger partial charge is 0.179 e. The fraction of sp³-hybridized carbons (Fsp3) is 0.467. The van der Waals surface area contributed by atoms with Crippen LogP contribution in [0.15, 0.2) is 22.6 Å². The molecule has 1 aromatic heterocycles. The van der Waals surface area contributed by atoms with Crippen molar-refractivity contribution in [3.8, 4) is 11.5 Å². The van der Waals surface area contributed by atoms with Crippen molar-refractivity contribution >= 4 is 11.0 Å². The number of morpholine rings is 1. The molecule has 5 nitrogen and oxygen atoms in total. The van der Waals surface area contributed by atoms with Gasteiger partial charge in [-0.2, -0.15) is 0 Å². The minimum absolute atomic E-state index is 0.731. The quantitative estimate of drug-likeness (QED) is 0.858. The molecule has 1 aliphatic heterocycles. The van der Waals surface area contributed by atoms with Gasteiger partial charge in [-0.05, 0) is 18.2 Å². The summed E-state index contributed by atoms with van der Waals surface area (Å²) < 4.78 is 22.0.